The van der Waals surface area contributed by atoms with E-state index in [0.29, 0.717) is 31.9 Å². The van der Waals surface area contributed by atoms with Crippen molar-refractivity contribution in [2.24, 2.45) is 11.7 Å². The minimum atomic E-state index is -0.594. The van der Waals surface area contributed by atoms with E-state index in [9.17, 15) is 9.90 Å². The molecule has 7 nitrogen and oxygen atoms in total. The van der Waals surface area contributed by atoms with Crippen LogP contribution in [0.1, 0.15) is 16.1 Å². The van der Waals surface area contributed by atoms with E-state index in [2.05, 4.69) is 9.97 Å². The lowest BCUT2D eigenvalue weighted by atomic mass is 9.94. The number of aromatic nitrogens is 2. The quantitative estimate of drug-likeness (QED) is 0.580. The number of likely N-dealkylation sites (tertiary alicyclic amines) is 1. The van der Waals surface area contributed by atoms with Gasteiger partial charge in [-0.05, 0) is 36.2 Å². The zero-order chi connectivity index (χ0) is 20.2. The zero-order valence-corrected chi connectivity index (χ0v) is 18.5. The number of pyridine rings is 2. The minimum absolute atomic E-state index is 0. The maximum atomic E-state index is 13.0. The molecule has 3 aromatic rings. The van der Waals surface area contributed by atoms with E-state index in [1.165, 1.54) is 0 Å². The van der Waals surface area contributed by atoms with Gasteiger partial charge in [-0.1, -0.05) is 18.2 Å². The lowest BCUT2D eigenvalue weighted by molar-refractivity contribution is 0.0754. The van der Waals surface area contributed by atoms with Crippen LogP contribution in [0.4, 0.5) is 0 Å². The van der Waals surface area contributed by atoms with Crippen molar-refractivity contribution < 1.29 is 14.6 Å². The summed E-state index contributed by atoms with van der Waals surface area (Å²) in [7, 11) is 0. The Morgan fingerprint density at radius 3 is 2.71 bits per heavy atom. The Kier molecular flexibility index (Phi) is 9.00. The fourth-order valence-electron chi connectivity index (χ4n) is 3.82. The van der Waals surface area contributed by atoms with Crippen molar-refractivity contribution in [1.82, 2.24) is 14.9 Å². The number of ether oxygens (including phenoxy) is 1. The first kappa shape index (κ1) is 24.8. The highest BCUT2D eigenvalue weighted by Gasteiger charge is 2.36. The van der Waals surface area contributed by atoms with Crippen LogP contribution in [0, 0.1) is 5.92 Å². The van der Waals surface area contributed by atoms with Gasteiger partial charge in [-0.25, -0.2) is 4.98 Å². The minimum Gasteiger partial charge on any atom is -0.490 e. The number of nitrogens with zero attached hydrogens (tertiary/aromatic N) is 3. The number of carbonyl (C=O) groups excluding carboxylic acids is 1. The molecule has 0 unspecified atom stereocenters. The second kappa shape index (κ2) is 11.2. The molecule has 4 rings (SSSR count). The Bertz CT molecular complexity index is 1020. The number of rotatable bonds is 6. The molecule has 9 heteroatoms. The van der Waals surface area contributed by atoms with Gasteiger partial charge >= 0.3 is 0 Å². The van der Waals surface area contributed by atoms with Gasteiger partial charge in [0.05, 0.1) is 11.6 Å². The predicted octanol–water partition coefficient (Wildman–Crippen LogP) is 2.49. The van der Waals surface area contributed by atoms with Crippen molar-refractivity contribution in [3.63, 3.8) is 0 Å². The van der Waals surface area contributed by atoms with Gasteiger partial charge in [0, 0.05) is 43.3 Å². The van der Waals surface area contributed by atoms with Crippen LogP contribution in [0.15, 0.2) is 54.9 Å². The molecule has 1 aliphatic rings. The summed E-state index contributed by atoms with van der Waals surface area (Å²) in [6, 6.07) is 13.4. The van der Waals surface area contributed by atoms with Gasteiger partial charge in [-0.2, -0.15) is 0 Å². The number of hydrogen-bond acceptors (Lipinski definition) is 6. The highest BCUT2D eigenvalue weighted by atomic mass is 35.5. The van der Waals surface area contributed by atoms with Gasteiger partial charge in [-0.3, -0.25) is 9.78 Å². The third-order valence-corrected chi connectivity index (χ3v) is 5.26. The van der Waals surface area contributed by atoms with Crippen LogP contribution < -0.4 is 10.5 Å². The Morgan fingerprint density at radius 2 is 1.90 bits per heavy atom. The molecule has 1 aliphatic heterocycles. The Morgan fingerprint density at radius 1 is 1.10 bits per heavy atom. The molecule has 2 aromatic heterocycles. The number of carbonyl (C=O) groups is 1. The third kappa shape index (κ3) is 5.43. The molecule has 0 aliphatic carbocycles. The second-order valence-corrected chi connectivity index (χ2v) is 7.22. The number of hydrogen-bond donors (Lipinski definition) is 2. The van der Waals surface area contributed by atoms with Gasteiger partial charge in [0.25, 0.3) is 5.91 Å². The summed E-state index contributed by atoms with van der Waals surface area (Å²) < 4.78 is 5.56. The van der Waals surface area contributed by atoms with Crippen molar-refractivity contribution in [3.8, 4) is 5.75 Å². The molecule has 31 heavy (non-hydrogen) atoms. The normalized spacial score (nSPS) is 17.7. The Labute approximate surface area is 193 Å². The standard InChI is InChI=1S/C22H24N4O3.2ClH/c23-8-11-29-20-6-3-9-25-21(20)22(28)26-13-16(19(27)14-26)12-15-7-10-24-18-5-2-1-4-17(15)18;;/h1-7,9-10,16,19,27H,8,11-14,23H2;2*1H/t16-,19-;;/m1../s1. The van der Waals surface area contributed by atoms with Crippen LogP contribution in [-0.2, 0) is 6.42 Å². The number of amides is 1. The summed E-state index contributed by atoms with van der Waals surface area (Å²) in [4.78, 5) is 23.3. The molecule has 0 spiro atoms. The van der Waals surface area contributed by atoms with Crippen molar-refractivity contribution in [1.29, 1.82) is 0 Å². The number of aliphatic hydroxyl groups excluding tert-OH is 1. The fourth-order valence-corrected chi connectivity index (χ4v) is 3.82. The van der Waals surface area contributed by atoms with Crippen LogP contribution in [0.5, 0.6) is 5.75 Å². The van der Waals surface area contributed by atoms with E-state index in [1.807, 2.05) is 30.3 Å². The first-order valence-corrected chi connectivity index (χ1v) is 9.75. The maximum Gasteiger partial charge on any atom is 0.276 e. The number of nitrogens with two attached hydrogens (primary N) is 1. The van der Waals surface area contributed by atoms with Gasteiger partial charge in [-0.15, -0.1) is 24.8 Å². The number of aliphatic hydroxyl groups is 1. The van der Waals surface area contributed by atoms with Crippen molar-refractivity contribution >= 4 is 41.6 Å². The molecule has 3 heterocycles. The maximum absolute atomic E-state index is 13.0. The largest absolute Gasteiger partial charge is 0.490 e. The molecule has 2 atom stereocenters. The molecule has 1 saturated heterocycles. The van der Waals surface area contributed by atoms with Crippen molar-refractivity contribution in [2.45, 2.75) is 12.5 Å². The Balaban J connectivity index is 0.00000171. The summed E-state index contributed by atoms with van der Waals surface area (Å²) in [6.07, 6.45) is 3.43. The number of halogens is 2. The third-order valence-electron chi connectivity index (χ3n) is 5.26. The van der Waals surface area contributed by atoms with Gasteiger partial charge in [0.15, 0.2) is 11.4 Å². The SMILES string of the molecule is Cl.Cl.NCCOc1cccnc1C(=O)N1C[C@@H](Cc2ccnc3ccccc23)[C@H](O)C1. The van der Waals surface area contributed by atoms with E-state index in [-0.39, 0.29) is 48.9 Å². The van der Waals surface area contributed by atoms with E-state index >= 15 is 0 Å². The first-order valence-electron chi connectivity index (χ1n) is 9.75. The smallest absolute Gasteiger partial charge is 0.276 e. The number of fused-ring (bicyclic) bond motifs is 1. The van der Waals surface area contributed by atoms with Crippen LogP contribution in [0.25, 0.3) is 10.9 Å². The van der Waals surface area contributed by atoms with Gasteiger partial charge < -0.3 is 20.5 Å². The average Bonchev–Trinajstić information content (AvgIpc) is 3.12. The number of benzene rings is 1. The van der Waals surface area contributed by atoms with Crippen LogP contribution in [-0.4, -0.2) is 58.2 Å². The van der Waals surface area contributed by atoms with Crippen molar-refractivity contribution in [3.05, 3.63) is 66.1 Å². The molecule has 1 aromatic carbocycles. The van der Waals surface area contributed by atoms with Crippen LogP contribution in [0.2, 0.25) is 0 Å². The molecule has 3 N–H and O–H groups in total. The first-order chi connectivity index (χ1) is 14.2. The second-order valence-electron chi connectivity index (χ2n) is 7.22. The topological polar surface area (TPSA) is 102 Å². The number of β-amino-alcohol motifs (C(OH)–C–C–N with tert-alkyl or cyclic N) is 1. The monoisotopic (exact) mass is 464 g/mol. The molecule has 1 amide bonds. The molecule has 0 saturated carbocycles. The molecular formula is C22H26Cl2N4O3. The van der Waals surface area contributed by atoms with E-state index in [0.717, 1.165) is 16.5 Å². The van der Waals surface area contributed by atoms with Crippen LogP contribution in [0.3, 0.4) is 0 Å². The molecule has 0 bridgehead atoms. The van der Waals surface area contributed by atoms with E-state index in [4.69, 9.17) is 10.5 Å². The zero-order valence-electron chi connectivity index (χ0n) is 16.9. The lowest BCUT2D eigenvalue weighted by Gasteiger charge is -2.18. The summed E-state index contributed by atoms with van der Waals surface area (Å²) in [6.45, 7) is 1.40. The summed E-state index contributed by atoms with van der Waals surface area (Å²) in [5.41, 5.74) is 7.80. The highest BCUT2D eigenvalue weighted by Crippen LogP contribution is 2.27. The van der Waals surface area contributed by atoms with Gasteiger partial charge in [0.1, 0.15) is 6.61 Å². The lowest BCUT2D eigenvalue weighted by Crippen LogP contribution is -2.31. The molecular weight excluding hydrogens is 439 g/mol. The Hall–Kier alpha value is -2.45. The summed E-state index contributed by atoms with van der Waals surface area (Å²) >= 11 is 0. The fraction of sp³-hybridized carbons (Fsp3) is 0.318. The molecule has 1 fully saturated rings. The summed E-state index contributed by atoms with van der Waals surface area (Å²) in [5.74, 6) is 0.127. The number of para-hydroxylation sites is 1. The highest BCUT2D eigenvalue weighted by molar-refractivity contribution is 5.95. The van der Waals surface area contributed by atoms with E-state index < -0.39 is 6.10 Å². The molecule has 0 radical (unpaired) electrons. The van der Waals surface area contributed by atoms with Crippen LogP contribution >= 0.6 is 24.8 Å². The van der Waals surface area contributed by atoms with Gasteiger partial charge in [0.2, 0.25) is 0 Å². The average molecular weight is 465 g/mol. The van der Waals surface area contributed by atoms with Crippen molar-refractivity contribution in [2.75, 3.05) is 26.2 Å². The summed E-state index contributed by atoms with van der Waals surface area (Å²) in [5, 5.41) is 11.7. The van der Waals surface area contributed by atoms with E-state index in [1.54, 1.807) is 29.4 Å². The predicted molar refractivity (Wildman–Crippen MR) is 124 cm³/mol. The molecule has 166 valence electrons.